The zero-order valence-corrected chi connectivity index (χ0v) is 17.0. The number of aryl methyl sites for hydroxylation is 1. The first-order chi connectivity index (χ1) is 12.8. The summed E-state index contributed by atoms with van der Waals surface area (Å²) in [7, 11) is 3.42. The predicted molar refractivity (Wildman–Crippen MR) is 105 cm³/mol. The number of nitrogens with one attached hydrogen (secondary N) is 1. The maximum atomic E-state index is 12.0. The molecule has 27 heavy (non-hydrogen) atoms. The molecular weight excluding hydrogens is 344 g/mol. The van der Waals surface area contributed by atoms with Crippen molar-refractivity contribution in [3.8, 4) is 11.5 Å². The van der Waals surface area contributed by atoms with Crippen LogP contribution in [0.25, 0.3) is 0 Å². The molecule has 2 aromatic rings. The number of carbonyl (C=O) groups is 1. The fourth-order valence-electron chi connectivity index (χ4n) is 2.69. The van der Waals surface area contributed by atoms with Crippen molar-refractivity contribution >= 4 is 5.91 Å². The molecule has 0 saturated heterocycles. The van der Waals surface area contributed by atoms with E-state index < -0.39 is 6.10 Å². The van der Waals surface area contributed by atoms with Gasteiger partial charge in [0.05, 0.1) is 12.6 Å². The molecule has 0 aliphatic rings. The molecule has 1 N–H and O–H groups in total. The van der Waals surface area contributed by atoms with Gasteiger partial charge in [0, 0.05) is 20.6 Å². The van der Waals surface area contributed by atoms with Crippen molar-refractivity contribution in [2.45, 2.75) is 46.4 Å². The third-order valence-corrected chi connectivity index (χ3v) is 4.20. The fourth-order valence-corrected chi connectivity index (χ4v) is 2.69. The van der Waals surface area contributed by atoms with Crippen LogP contribution in [0.3, 0.4) is 0 Å². The average Bonchev–Trinajstić information content (AvgIpc) is 3.07. The number of rotatable bonds is 9. The van der Waals surface area contributed by atoms with E-state index in [1.807, 2.05) is 44.2 Å². The van der Waals surface area contributed by atoms with Crippen LogP contribution in [0.5, 0.6) is 11.5 Å². The largest absolute Gasteiger partial charge is 0.490 e. The molecule has 0 radical (unpaired) electrons. The molecule has 1 amide bonds. The van der Waals surface area contributed by atoms with Crippen LogP contribution < -0.4 is 14.8 Å². The van der Waals surface area contributed by atoms with Gasteiger partial charge in [-0.1, -0.05) is 6.07 Å². The summed E-state index contributed by atoms with van der Waals surface area (Å²) in [5, 5.41) is 3.44. The summed E-state index contributed by atoms with van der Waals surface area (Å²) in [5.74, 6) is 2.93. The van der Waals surface area contributed by atoms with Crippen molar-refractivity contribution in [3.05, 3.63) is 47.4 Å². The molecule has 0 bridgehead atoms. The van der Waals surface area contributed by atoms with Gasteiger partial charge in [-0.15, -0.1) is 0 Å². The van der Waals surface area contributed by atoms with Crippen molar-refractivity contribution in [2.75, 3.05) is 20.7 Å². The lowest BCUT2D eigenvalue weighted by Gasteiger charge is -2.20. The van der Waals surface area contributed by atoms with Crippen LogP contribution >= 0.6 is 0 Å². The Morgan fingerprint density at radius 3 is 2.52 bits per heavy atom. The lowest BCUT2D eigenvalue weighted by atomic mass is 10.1. The fraction of sp³-hybridized carbons (Fsp3) is 0.476. The highest BCUT2D eigenvalue weighted by molar-refractivity contribution is 5.80. The number of benzene rings is 1. The van der Waals surface area contributed by atoms with E-state index in [0.717, 1.165) is 17.1 Å². The highest BCUT2D eigenvalue weighted by Crippen LogP contribution is 2.30. The van der Waals surface area contributed by atoms with Gasteiger partial charge in [0.1, 0.15) is 11.5 Å². The Kier molecular flexibility index (Phi) is 7.30. The van der Waals surface area contributed by atoms with Gasteiger partial charge in [-0.2, -0.15) is 0 Å². The van der Waals surface area contributed by atoms with E-state index >= 15 is 0 Å². The van der Waals surface area contributed by atoms with E-state index in [0.29, 0.717) is 24.7 Å². The minimum Gasteiger partial charge on any atom is -0.490 e. The van der Waals surface area contributed by atoms with Gasteiger partial charge in [-0.3, -0.25) is 4.79 Å². The molecule has 0 saturated carbocycles. The quantitative estimate of drug-likeness (QED) is 0.725. The summed E-state index contributed by atoms with van der Waals surface area (Å²) < 4.78 is 17.2. The standard InChI is InChI=1S/C21H30N2O4/c1-7-25-20-12-17(13-22-15(3)18-10-8-14(2)26-18)9-11-19(20)27-16(4)21(24)23(5)6/h8-12,15-16,22H,7,13H2,1-6H3. The van der Waals surface area contributed by atoms with Gasteiger partial charge in [0.15, 0.2) is 17.6 Å². The molecular formula is C21H30N2O4. The van der Waals surface area contributed by atoms with E-state index in [9.17, 15) is 4.79 Å². The van der Waals surface area contributed by atoms with E-state index in [1.165, 1.54) is 4.90 Å². The Morgan fingerprint density at radius 1 is 1.19 bits per heavy atom. The molecule has 2 atom stereocenters. The van der Waals surface area contributed by atoms with Gasteiger partial charge in [-0.05, 0) is 57.5 Å². The molecule has 1 aromatic heterocycles. The van der Waals surface area contributed by atoms with Crippen LogP contribution in [-0.2, 0) is 11.3 Å². The zero-order chi connectivity index (χ0) is 20.0. The average molecular weight is 374 g/mol. The molecule has 6 nitrogen and oxygen atoms in total. The SMILES string of the molecule is CCOc1cc(CNC(C)c2ccc(C)o2)ccc1OC(C)C(=O)N(C)C. The van der Waals surface area contributed by atoms with Crippen LogP contribution in [-0.4, -0.2) is 37.6 Å². The third-order valence-electron chi connectivity index (χ3n) is 4.20. The van der Waals surface area contributed by atoms with Gasteiger partial charge in [0.2, 0.25) is 0 Å². The summed E-state index contributed by atoms with van der Waals surface area (Å²) in [6, 6.07) is 9.81. The molecule has 0 aliphatic carbocycles. The predicted octanol–water partition coefficient (Wildman–Crippen LogP) is 3.69. The normalized spacial score (nSPS) is 13.1. The molecule has 2 unspecified atom stereocenters. The Labute approximate surface area is 161 Å². The first kappa shape index (κ1) is 20.8. The molecule has 6 heteroatoms. The summed E-state index contributed by atoms with van der Waals surface area (Å²) in [6.07, 6.45) is -0.578. The van der Waals surface area contributed by atoms with Crippen molar-refractivity contribution in [1.29, 1.82) is 0 Å². The second-order valence-electron chi connectivity index (χ2n) is 6.76. The maximum Gasteiger partial charge on any atom is 0.262 e. The molecule has 0 aliphatic heterocycles. The summed E-state index contributed by atoms with van der Waals surface area (Å²) in [4.78, 5) is 13.6. The second-order valence-corrected chi connectivity index (χ2v) is 6.76. The first-order valence-electron chi connectivity index (χ1n) is 9.25. The van der Waals surface area contributed by atoms with E-state index in [1.54, 1.807) is 21.0 Å². The molecule has 1 aromatic carbocycles. The second kappa shape index (κ2) is 9.46. The van der Waals surface area contributed by atoms with E-state index in [2.05, 4.69) is 12.2 Å². The Balaban J connectivity index is 2.06. The number of furan rings is 1. The smallest absolute Gasteiger partial charge is 0.262 e. The Hall–Kier alpha value is -2.47. The third kappa shape index (κ3) is 5.76. The van der Waals surface area contributed by atoms with Crippen LogP contribution in [0.4, 0.5) is 0 Å². The first-order valence-corrected chi connectivity index (χ1v) is 9.25. The monoisotopic (exact) mass is 374 g/mol. The molecule has 148 valence electrons. The molecule has 1 heterocycles. The van der Waals surface area contributed by atoms with Crippen LogP contribution in [0, 0.1) is 6.92 Å². The number of carbonyl (C=O) groups excluding carboxylic acids is 1. The van der Waals surface area contributed by atoms with E-state index in [4.69, 9.17) is 13.9 Å². The summed E-state index contributed by atoms with van der Waals surface area (Å²) >= 11 is 0. The topological polar surface area (TPSA) is 63.9 Å². The number of hydrogen-bond donors (Lipinski definition) is 1. The highest BCUT2D eigenvalue weighted by atomic mass is 16.5. The number of nitrogens with zero attached hydrogens (tertiary/aromatic N) is 1. The number of hydrogen-bond acceptors (Lipinski definition) is 5. The van der Waals surface area contributed by atoms with Gasteiger partial charge in [0.25, 0.3) is 5.91 Å². The van der Waals surface area contributed by atoms with Gasteiger partial charge >= 0.3 is 0 Å². The lowest BCUT2D eigenvalue weighted by molar-refractivity contribution is -0.135. The minimum atomic E-state index is -0.578. The summed E-state index contributed by atoms with van der Waals surface area (Å²) in [5.41, 5.74) is 1.06. The van der Waals surface area contributed by atoms with Crippen molar-refractivity contribution in [3.63, 3.8) is 0 Å². The number of likely N-dealkylation sites (N-methyl/N-ethyl adjacent to an activating group) is 1. The Morgan fingerprint density at radius 2 is 1.93 bits per heavy atom. The maximum absolute atomic E-state index is 12.0. The van der Waals surface area contributed by atoms with Crippen LogP contribution in [0.2, 0.25) is 0 Å². The molecule has 0 fully saturated rings. The van der Waals surface area contributed by atoms with Gasteiger partial charge < -0.3 is 24.1 Å². The Bertz CT molecular complexity index is 754. The van der Waals surface area contributed by atoms with Crippen LogP contribution in [0.1, 0.15) is 43.9 Å². The highest BCUT2D eigenvalue weighted by Gasteiger charge is 2.19. The lowest BCUT2D eigenvalue weighted by Crippen LogP contribution is -2.35. The molecule has 0 spiro atoms. The van der Waals surface area contributed by atoms with Crippen LogP contribution in [0.15, 0.2) is 34.7 Å². The van der Waals surface area contributed by atoms with Crippen molar-refractivity contribution in [2.24, 2.45) is 0 Å². The number of ether oxygens (including phenoxy) is 2. The summed E-state index contributed by atoms with van der Waals surface area (Å²) in [6.45, 7) is 8.84. The molecule has 2 rings (SSSR count). The van der Waals surface area contributed by atoms with E-state index in [-0.39, 0.29) is 11.9 Å². The zero-order valence-electron chi connectivity index (χ0n) is 17.0. The van der Waals surface area contributed by atoms with Gasteiger partial charge in [-0.25, -0.2) is 0 Å². The number of amides is 1. The van der Waals surface area contributed by atoms with Crippen molar-refractivity contribution < 1.29 is 18.7 Å². The minimum absolute atomic E-state index is 0.0919. The van der Waals surface area contributed by atoms with Crippen molar-refractivity contribution in [1.82, 2.24) is 10.2 Å².